The molecule has 1 atom stereocenters. The highest BCUT2D eigenvalue weighted by molar-refractivity contribution is 6.35. The van der Waals surface area contributed by atoms with Gasteiger partial charge in [-0.3, -0.25) is 0 Å². The maximum atomic E-state index is 9.68. The van der Waals surface area contributed by atoms with Crippen molar-refractivity contribution in [3.05, 3.63) is 17.4 Å². The number of nitrogens with zero attached hydrogens (tertiary/aromatic N) is 3. The molecule has 1 unspecified atom stereocenters. The summed E-state index contributed by atoms with van der Waals surface area (Å²) in [5, 5.41) is 10.1. The van der Waals surface area contributed by atoms with Crippen molar-refractivity contribution in [2.45, 2.75) is 33.1 Å². The molecule has 0 aliphatic carbocycles. The van der Waals surface area contributed by atoms with Gasteiger partial charge in [-0.25, -0.2) is 9.97 Å². The molecule has 23 heavy (non-hydrogen) atoms. The molecule has 0 saturated heterocycles. The first-order chi connectivity index (χ1) is 11.1. The topological polar surface area (TPSA) is 95.4 Å². The van der Waals surface area contributed by atoms with Crippen LogP contribution in [-0.2, 0) is 16.0 Å². The number of nitrogen functional groups attached to an aromatic ring is 1. The van der Waals surface area contributed by atoms with E-state index >= 15 is 0 Å². The molecule has 0 aliphatic rings. The number of hydrogen-bond acceptors (Lipinski definition) is 6. The molecule has 3 N–H and O–H groups in total. The van der Waals surface area contributed by atoms with Crippen LogP contribution in [0.15, 0.2) is 12.4 Å². The van der Waals surface area contributed by atoms with E-state index in [0.717, 1.165) is 0 Å². The molecule has 2 rings (SSSR count). The van der Waals surface area contributed by atoms with Crippen molar-refractivity contribution in [1.82, 2.24) is 14.5 Å². The normalized spacial score (nSPS) is 13.1. The van der Waals surface area contributed by atoms with E-state index in [9.17, 15) is 5.11 Å². The Labute approximate surface area is 140 Å². The predicted octanol–water partition coefficient (Wildman–Crippen LogP) is 2.06. The van der Waals surface area contributed by atoms with Crippen LogP contribution < -0.4 is 5.73 Å². The summed E-state index contributed by atoms with van der Waals surface area (Å²) in [4.78, 5) is 8.55. The van der Waals surface area contributed by atoms with Crippen LogP contribution in [0, 0.1) is 5.92 Å². The molecule has 0 aliphatic heterocycles. The van der Waals surface area contributed by atoms with Crippen molar-refractivity contribution in [3.63, 3.8) is 0 Å². The van der Waals surface area contributed by atoms with E-state index in [1.165, 1.54) is 0 Å². The quantitative estimate of drug-likeness (QED) is 0.677. The Morgan fingerprint density at radius 3 is 2.65 bits per heavy atom. The summed E-state index contributed by atoms with van der Waals surface area (Å²) in [6.07, 6.45) is 1.90. The molecule has 0 amide bonds. The van der Waals surface area contributed by atoms with Crippen LogP contribution in [0.4, 0.5) is 5.82 Å². The van der Waals surface area contributed by atoms with Crippen LogP contribution in [0.2, 0.25) is 5.02 Å². The zero-order chi connectivity index (χ0) is 16.8. The smallest absolute Gasteiger partial charge is 0.163 e. The molecular formula is C15H23ClN4O3. The van der Waals surface area contributed by atoms with Gasteiger partial charge in [-0.05, 0) is 13.8 Å². The molecule has 2 aromatic heterocycles. The molecule has 2 heterocycles. The number of aromatic nitrogens is 3. The maximum Gasteiger partial charge on any atom is 0.163 e. The Bertz CT molecular complexity index is 628. The van der Waals surface area contributed by atoms with Gasteiger partial charge in [-0.1, -0.05) is 11.6 Å². The van der Waals surface area contributed by atoms with E-state index < -0.39 is 0 Å². The fourth-order valence-corrected chi connectivity index (χ4v) is 2.71. The molecule has 0 aromatic carbocycles. The van der Waals surface area contributed by atoms with E-state index in [0.29, 0.717) is 48.2 Å². The fraction of sp³-hybridized carbons (Fsp3) is 0.600. The lowest BCUT2D eigenvalue weighted by molar-refractivity contribution is -0.148. The average Bonchev–Trinajstić information content (AvgIpc) is 2.90. The third-order valence-corrected chi connectivity index (χ3v) is 3.78. The number of nitrogens with two attached hydrogens (primary N) is 1. The van der Waals surface area contributed by atoms with E-state index in [1.54, 1.807) is 12.4 Å². The number of imidazole rings is 1. The molecule has 8 heteroatoms. The molecule has 7 nitrogen and oxygen atoms in total. The van der Waals surface area contributed by atoms with Crippen LogP contribution in [0.5, 0.6) is 0 Å². The number of fused-ring (bicyclic) bond motifs is 1. The number of rotatable bonds is 9. The summed E-state index contributed by atoms with van der Waals surface area (Å²) >= 11 is 6.13. The summed E-state index contributed by atoms with van der Waals surface area (Å²) in [5.41, 5.74) is 6.96. The average molecular weight is 343 g/mol. The fourth-order valence-electron chi connectivity index (χ4n) is 2.46. The van der Waals surface area contributed by atoms with Crippen LogP contribution in [0.1, 0.15) is 20.3 Å². The zero-order valence-electron chi connectivity index (χ0n) is 13.4. The number of aliphatic hydroxyl groups is 1. The molecular weight excluding hydrogens is 320 g/mol. The van der Waals surface area contributed by atoms with Gasteiger partial charge in [0.05, 0.1) is 11.3 Å². The Balaban J connectivity index is 2.15. The number of hydrogen-bond donors (Lipinski definition) is 2. The van der Waals surface area contributed by atoms with Gasteiger partial charge in [0.15, 0.2) is 11.9 Å². The Hall–Kier alpha value is -1.41. The second-order valence-electron chi connectivity index (χ2n) is 5.22. The van der Waals surface area contributed by atoms with Crippen molar-refractivity contribution in [3.8, 4) is 0 Å². The van der Waals surface area contributed by atoms with Gasteiger partial charge in [-0.15, -0.1) is 0 Å². The molecule has 0 spiro atoms. The monoisotopic (exact) mass is 342 g/mol. The number of anilines is 1. The first kappa shape index (κ1) is 17.9. The second-order valence-corrected chi connectivity index (χ2v) is 5.63. The van der Waals surface area contributed by atoms with Crippen molar-refractivity contribution in [2.24, 2.45) is 5.92 Å². The lowest BCUT2D eigenvalue weighted by atomic mass is 10.1. The van der Waals surface area contributed by atoms with Gasteiger partial charge >= 0.3 is 0 Å². The van der Waals surface area contributed by atoms with Gasteiger partial charge in [-0.2, -0.15) is 0 Å². The minimum absolute atomic E-state index is 0.00632. The first-order valence-electron chi connectivity index (χ1n) is 7.69. The van der Waals surface area contributed by atoms with Crippen LogP contribution in [0.3, 0.4) is 0 Å². The second kappa shape index (κ2) is 8.44. The largest absolute Gasteiger partial charge is 0.396 e. The number of aliphatic hydroxyl groups excluding tert-OH is 1. The first-order valence-corrected chi connectivity index (χ1v) is 8.07. The SMILES string of the molecule is CCOC(CC(CO)Cn1cnc2c(Cl)cc(N)nc21)OCC. The minimum atomic E-state index is -0.335. The predicted molar refractivity (Wildman–Crippen MR) is 89.2 cm³/mol. The van der Waals surface area contributed by atoms with Gasteiger partial charge < -0.3 is 24.9 Å². The van der Waals surface area contributed by atoms with E-state index in [1.807, 2.05) is 18.4 Å². The number of ether oxygens (including phenoxy) is 2. The highest BCUT2D eigenvalue weighted by atomic mass is 35.5. The number of halogens is 1. The van der Waals surface area contributed by atoms with Crippen molar-refractivity contribution < 1.29 is 14.6 Å². The Morgan fingerprint density at radius 1 is 1.35 bits per heavy atom. The summed E-state index contributed by atoms with van der Waals surface area (Å²) in [7, 11) is 0. The van der Waals surface area contributed by atoms with Crippen molar-refractivity contribution in [2.75, 3.05) is 25.6 Å². The van der Waals surface area contributed by atoms with Crippen molar-refractivity contribution >= 4 is 28.6 Å². The third-order valence-electron chi connectivity index (χ3n) is 3.49. The highest BCUT2D eigenvalue weighted by Crippen LogP contribution is 2.24. The van der Waals surface area contributed by atoms with E-state index in [2.05, 4.69) is 9.97 Å². The van der Waals surface area contributed by atoms with E-state index in [4.69, 9.17) is 26.8 Å². The van der Waals surface area contributed by atoms with Crippen LogP contribution >= 0.6 is 11.6 Å². The van der Waals surface area contributed by atoms with Gasteiger partial charge in [0.25, 0.3) is 0 Å². The van der Waals surface area contributed by atoms with Crippen LogP contribution in [0.25, 0.3) is 11.2 Å². The number of pyridine rings is 1. The summed E-state index contributed by atoms with van der Waals surface area (Å²) in [5.74, 6) is 0.281. The van der Waals surface area contributed by atoms with Crippen LogP contribution in [-0.4, -0.2) is 45.8 Å². The molecule has 0 bridgehead atoms. The summed E-state index contributed by atoms with van der Waals surface area (Å²) in [6, 6.07) is 1.57. The standard InChI is InChI=1S/C15H23ClN4O3/c1-3-22-13(23-4-2)5-10(8-21)7-20-9-18-14-11(16)6-12(17)19-15(14)20/h6,9-10,13,21H,3-5,7-8H2,1-2H3,(H2,17,19). The molecule has 128 valence electrons. The third kappa shape index (κ3) is 4.54. The Kier molecular flexibility index (Phi) is 6.59. The molecule has 0 radical (unpaired) electrons. The molecule has 0 fully saturated rings. The Morgan fingerprint density at radius 2 is 2.04 bits per heavy atom. The lowest BCUT2D eigenvalue weighted by Crippen LogP contribution is -2.25. The highest BCUT2D eigenvalue weighted by Gasteiger charge is 2.19. The van der Waals surface area contributed by atoms with Gasteiger partial charge in [0.1, 0.15) is 11.3 Å². The van der Waals surface area contributed by atoms with E-state index in [-0.39, 0.29) is 18.8 Å². The summed E-state index contributed by atoms with van der Waals surface area (Å²) < 4.78 is 12.9. The maximum absolute atomic E-state index is 9.68. The summed E-state index contributed by atoms with van der Waals surface area (Å²) in [6.45, 7) is 5.48. The van der Waals surface area contributed by atoms with Gasteiger partial charge in [0.2, 0.25) is 0 Å². The van der Waals surface area contributed by atoms with Crippen molar-refractivity contribution in [1.29, 1.82) is 0 Å². The lowest BCUT2D eigenvalue weighted by Gasteiger charge is -2.22. The zero-order valence-corrected chi connectivity index (χ0v) is 14.2. The molecule has 2 aromatic rings. The molecule has 0 saturated carbocycles. The van der Waals surface area contributed by atoms with Gasteiger partial charge in [0, 0.05) is 44.8 Å². The minimum Gasteiger partial charge on any atom is -0.396 e.